The van der Waals surface area contributed by atoms with Crippen LogP contribution in [0.4, 0.5) is 10.1 Å². The van der Waals surface area contributed by atoms with Crippen molar-refractivity contribution < 1.29 is 23.5 Å². The van der Waals surface area contributed by atoms with E-state index in [1.54, 1.807) is 67.8 Å². The lowest BCUT2D eigenvalue weighted by Crippen LogP contribution is -2.67. The van der Waals surface area contributed by atoms with Crippen molar-refractivity contribution in [1.82, 2.24) is 4.90 Å². The van der Waals surface area contributed by atoms with Gasteiger partial charge in [-0.25, -0.2) is 4.39 Å². The fourth-order valence-corrected chi connectivity index (χ4v) is 4.21. The highest BCUT2D eigenvalue weighted by Crippen LogP contribution is 2.44. The largest absolute Gasteiger partial charge is 0.497 e. The molecule has 7 heteroatoms. The van der Waals surface area contributed by atoms with Gasteiger partial charge < -0.3 is 9.64 Å². The van der Waals surface area contributed by atoms with E-state index in [1.807, 2.05) is 0 Å². The normalized spacial score (nSPS) is 20.0. The van der Waals surface area contributed by atoms with Gasteiger partial charge in [-0.15, -0.1) is 0 Å². The first-order chi connectivity index (χ1) is 15.0. The van der Waals surface area contributed by atoms with E-state index in [-0.39, 0.29) is 17.0 Å². The zero-order chi connectivity index (χ0) is 21.7. The molecule has 6 nitrogen and oxygen atoms in total. The van der Waals surface area contributed by atoms with Crippen LogP contribution in [0, 0.1) is 5.82 Å². The molecule has 0 N–H and O–H groups in total. The summed E-state index contributed by atoms with van der Waals surface area (Å²) in [6, 6.07) is 17.5. The SMILES string of the molecule is COc1ccc(N2C(=O)C(N3C(=O)c4ccccc4C3=O)C2c2ccc(F)cc2)cc1. The highest BCUT2D eigenvalue weighted by Gasteiger charge is 2.57. The fourth-order valence-electron chi connectivity index (χ4n) is 4.21. The maximum atomic E-state index is 13.5. The van der Waals surface area contributed by atoms with E-state index in [0.717, 1.165) is 4.90 Å². The molecule has 3 aromatic carbocycles. The van der Waals surface area contributed by atoms with E-state index in [0.29, 0.717) is 17.0 Å². The third-order valence-corrected chi connectivity index (χ3v) is 5.73. The summed E-state index contributed by atoms with van der Waals surface area (Å²) in [6.07, 6.45) is 0. The van der Waals surface area contributed by atoms with Crippen molar-refractivity contribution in [1.29, 1.82) is 0 Å². The summed E-state index contributed by atoms with van der Waals surface area (Å²) in [5.74, 6) is -1.16. The van der Waals surface area contributed by atoms with Gasteiger partial charge >= 0.3 is 0 Å². The summed E-state index contributed by atoms with van der Waals surface area (Å²) in [5.41, 5.74) is 1.77. The number of imide groups is 1. The number of β-lactam (4-membered cyclic amide) rings is 1. The fraction of sp³-hybridized carbons (Fsp3) is 0.125. The van der Waals surface area contributed by atoms with Gasteiger partial charge in [0.1, 0.15) is 17.6 Å². The van der Waals surface area contributed by atoms with E-state index in [9.17, 15) is 18.8 Å². The van der Waals surface area contributed by atoms with Gasteiger partial charge in [0.25, 0.3) is 17.7 Å². The molecule has 0 saturated carbocycles. The molecule has 2 atom stereocenters. The Morgan fingerprint density at radius 2 is 1.32 bits per heavy atom. The van der Waals surface area contributed by atoms with E-state index in [1.165, 1.54) is 17.0 Å². The number of rotatable bonds is 4. The summed E-state index contributed by atoms with van der Waals surface area (Å²) in [5, 5.41) is 0. The molecule has 31 heavy (non-hydrogen) atoms. The quantitative estimate of drug-likeness (QED) is 0.482. The lowest BCUT2D eigenvalue weighted by Gasteiger charge is -2.49. The maximum Gasteiger partial charge on any atom is 0.262 e. The molecule has 3 aromatic rings. The average molecular weight is 416 g/mol. The maximum absolute atomic E-state index is 13.5. The molecular weight excluding hydrogens is 399 g/mol. The van der Waals surface area contributed by atoms with E-state index in [2.05, 4.69) is 0 Å². The Bertz CT molecular complexity index is 1170. The molecule has 2 heterocycles. The average Bonchev–Trinajstić information content (AvgIpc) is 3.04. The number of anilines is 1. The number of methoxy groups -OCH3 is 1. The first-order valence-electron chi connectivity index (χ1n) is 9.71. The Balaban J connectivity index is 1.57. The first kappa shape index (κ1) is 19.0. The van der Waals surface area contributed by atoms with Crippen molar-refractivity contribution in [3.8, 4) is 5.75 Å². The van der Waals surface area contributed by atoms with Gasteiger partial charge in [-0.2, -0.15) is 0 Å². The summed E-state index contributed by atoms with van der Waals surface area (Å²) < 4.78 is 18.7. The topological polar surface area (TPSA) is 66.9 Å². The second-order valence-corrected chi connectivity index (χ2v) is 7.37. The number of benzene rings is 3. The molecule has 0 aromatic heterocycles. The van der Waals surface area contributed by atoms with Gasteiger partial charge in [-0.1, -0.05) is 24.3 Å². The predicted molar refractivity (Wildman–Crippen MR) is 110 cm³/mol. The van der Waals surface area contributed by atoms with Gasteiger partial charge in [0.15, 0.2) is 0 Å². The minimum absolute atomic E-state index is 0.279. The molecular formula is C24H17FN2O4. The van der Waals surface area contributed by atoms with Crippen molar-refractivity contribution in [3.05, 3.63) is 95.3 Å². The minimum Gasteiger partial charge on any atom is -0.497 e. The Morgan fingerprint density at radius 3 is 1.87 bits per heavy atom. The van der Waals surface area contributed by atoms with Crippen LogP contribution >= 0.6 is 0 Å². The summed E-state index contributed by atoms with van der Waals surface area (Å²) >= 11 is 0. The van der Waals surface area contributed by atoms with Crippen LogP contribution in [-0.2, 0) is 4.79 Å². The molecule has 0 radical (unpaired) electrons. The number of carbonyl (C=O) groups is 3. The molecule has 0 spiro atoms. The number of ether oxygens (including phenoxy) is 1. The lowest BCUT2D eigenvalue weighted by molar-refractivity contribution is -0.130. The molecule has 0 bridgehead atoms. The molecule has 2 aliphatic heterocycles. The zero-order valence-corrected chi connectivity index (χ0v) is 16.5. The standard InChI is InChI=1S/C24H17FN2O4/c1-31-17-12-10-16(11-13-17)26-20(14-6-8-15(25)9-7-14)21(24(26)30)27-22(28)18-4-2-3-5-19(18)23(27)29/h2-13,20-21H,1H3. The number of hydrogen-bond donors (Lipinski definition) is 0. The summed E-state index contributed by atoms with van der Waals surface area (Å²) in [7, 11) is 1.55. The molecule has 154 valence electrons. The van der Waals surface area contributed by atoms with Crippen molar-refractivity contribution in [3.63, 3.8) is 0 Å². The highest BCUT2D eigenvalue weighted by molar-refractivity contribution is 6.24. The number of fused-ring (bicyclic) bond motifs is 1. The Morgan fingerprint density at radius 1 is 0.742 bits per heavy atom. The van der Waals surface area contributed by atoms with Gasteiger partial charge in [0.2, 0.25) is 0 Å². The molecule has 0 aliphatic carbocycles. The molecule has 2 aliphatic rings. The summed E-state index contributed by atoms with van der Waals surface area (Å²) in [4.78, 5) is 41.8. The second-order valence-electron chi connectivity index (χ2n) is 7.37. The second kappa shape index (κ2) is 7.05. The van der Waals surface area contributed by atoms with Gasteiger partial charge in [-0.3, -0.25) is 19.3 Å². The third-order valence-electron chi connectivity index (χ3n) is 5.73. The van der Waals surface area contributed by atoms with E-state index in [4.69, 9.17) is 4.74 Å². The van der Waals surface area contributed by atoms with Crippen LogP contribution < -0.4 is 9.64 Å². The van der Waals surface area contributed by atoms with Crippen molar-refractivity contribution >= 4 is 23.4 Å². The number of amides is 3. The van der Waals surface area contributed by atoms with E-state index < -0.39 is 29.7 Å². The Kier molecular flexibility index (Phi) is 4.32. The molecule has 3 amide bonds. The zero-order valence-electron chi connectivity index (χ0n) is 16.5. The number of halogens is 1. The van der Waals surface area contributed by atoms with Gasteiger partial charge in [0, 0.05) is 5.69 Å². The predicted octanol–water partition coefficient (Wildman–Crippen LogP) is 3.59. The van der Waals surface area contributed by atoms with Crippen LogP contribution in [0.1, 0.15) is 32.3 Å². The lowest BCUT2D eigenvalue weighted by atomic mass is 9.86. The monoisotopic (exact) mass is 416 g/mol. The van der Waals surface area contributed by atoms with Crippen molar-refractivity contribution in [2.24, 2.45) is 0 Å². The first-order valence-corrected chi connectivity index (χ1v) is 9.71. The van der Waals surface area contributed by atoms with Crippen LogP contribution in [0.15, 0.2) is 72.8 Å². The smallest absolute Gasteiger partial charge is 0.262 e. The number of carbonyl (C=O) groups excluding carboxylic acids is 3. The van der Waals surface area contributed by atoms with Crippen LogP contribution in [0.2, 0.25) is 0 Å². The van der Waals surface area contributed by atoms with Crippen molar-refractivity contribution in [2.45, 2.75) is 12.1 Å². The molecule has 2 unspecified atom stereocenters. The third kappa shape index (κ3) is 2.81. The van der Waals surface area contributed by atoms with E-state index >= 15 is 0 Å². The highest BCUT2D eigenvalue weighted by atomic mass is 19.1. The molecule has 1 fully saturated rings. The number of hydrogen-bond acceptors (Lipinski definition) is 4. The minimum atomic E-state index is -1.01. The van der Waals surface area contributed by atoms with Crippen LogP contribution in [-0.4, -0.2) is 35.8 Å². The summed E-state index contributed by atoms with van der Waals surface area (Å²) in [6.45, 7) is 0. The van der Waals surface area contributed by atoms with Gasteiger partial charge in [-0.05, 0) is 54.1 Å². The van der Waals surface area contributed by atoms with Crippen LogP contribution in [0.3, 0.4) is 0 Å². The van der Waals surface area contributed by atoms with Crippen molar-refractivity contribution in [2.75, 3.05) is 12.0 Å². The van der Waals surface area contributed by atoms with Crippen LogP contribution in [0.25, 0.3) is 0 Å². The van der Waals surface area contributed by atoms with Gasteiger partial charge in [0.05, 0.1) is 24.3 Å². The number of nitrogens with zero attached hydrogens (tertiary/aromatic N) is 2. The van der Waals surface area contributed by atoms with Crippen LogP contribution in [0.5, 0.6) is 5.75 Å². The Hall–Kier alpha value is -4.00. The Labute approximate surface area is 177 Å². The molecule has 5 rings (SSSR count). The molecule has 1 saturated heterocycles.